The molecule has 3 nitrogen and oxygen atoms in total. The van der Waals surface area contributed by atoms with Gasteiger partial charge in [0.1, 0.15) is 0 Å². The lowest BCUT2D eigenvalue weighted by Crippen LogP contribution is -2.30. The van der Waals surface area contributed by atoms with Crippen molar-refractivity contribution in [2.24, 2.45) is 4.99 Å². The molecular weight excluding hydrogens is 128 g/mol. The van der Waals surface area contributed by atoms with E-state index in [1.807, 2.05) is 0 Å². The second-order valence-electron chi connectivity index (χ2n) is 2.32. The highest BCUT2D eigenvalue weighted by Crippen LogP contribution is 1.93. The van der Waals surface area contributed by atoms with E-state index in [1.165, 1.54) is 0 Å². The molecule has 1 aliphatic heterocycles. The summed E-state index contributed by atoms with van der Waals surface area (Å²) in [5.41, 5.74) is 0. The monoisotopic (exact) mass is 142 g/mol. The average molecular weight is 142 g/mol. The normalized spacial score (nSPS) is 17.5. The summed E-state index contributed by atoms with van der Waals surface area (Å²) in [4.78, 5) is 4.15. The molecule has 0 radical (unpaired) electrons. The molecule has 0 fully saturated rings. The molecule has 0 aromatic carbocycles. The Morgan fingerprint density at radius 1 is 1.70 bits per heavy atom. The Morgan fingerprint density at radius 2 is 2.60 bits per heavy atom. The van der Waals surface area contributed by atoms with Crippen LogP contribution in [-0.2, 0) is 4.74 Å². The fraction of sp³-hybridized carbons (Fsp3) is 0.857. The van der Waals surface area contributed by atoms with Crippen LogP contribution in [0.15, 0.2) is 4.99 Å². The maximum Gasteiger partial charge on any atom is 0.284 e. The second-order valence-corrected chi connectivity index (χ2v) is 2.32. The van der Waals surface area contributed by atoms with Gasteiger partial charge >= 0.3 is 0 Å². The van der Waals surface area contributed by atoms with E-state index >= 15 is 0 Å². The first kappa shape index (κ1) is 7.38. The van der Waals surface area contributed by atoms with Crippen LogP contribution in [-0.4, -0.2) is 25.7 Å². The van der Waals surface area contributed by atoms with Gasteiger partial charge in [0, 0.05) is 19.5 Å². The van der Waals surface area contributed by atoms with E-state index in [0.29, 0.717) is 0 Å². The molecule has 0 saturated heterocycles. The topological polar surface area (TPSA) is 33.6 Å². The Labute approximate surface area is 61.5 Å². The molecule has 0 bridgehead atoms. The highest BCUT2D eigenvalue weighted by atomic mass is 16.5. The van der Waals surface area contributed by atoms with Crippen molar-refractivity contribution in [3.05, 3.63) is 0 Å². The zero-order valence-corrected chi connectivity index (χ0v) is 6.39. The molecule has 0 aromatic rings. The molecule has 0 amide bonds. The molecule has 1 N–H and O–H groups in total. The van der Waals surface area contributed by atoms with Crippen LogP contribution in [0.4, 0.5) is 0 Å². The van der Waals surface area contributed by atoms with Crippen molar-refractivity contribution < 1.29 is 4.74 Å². The van der Waals surface area contributed by atoms with Crippen molar-refractivity contribution >= 4 is 6.02 Å². The molecule has 0 saturated carbocycles. The molecule has 10 heavy (non-hydrogen) atoms. The van der Waals surface area contributed by atoms with Gasteiger partial charge in [-0.2, -0.15) is 0 Å². The minimum absolute atomic E-state index is 0.730. The van der Waals surface area contributed by atoms with Gasteiger partial charge in [-0.05, 0) is 6.42 Å². The molecule has 0 aromatic heterocycles. The standard InChI is InChI=1S/C7H14N2O/c1-2-4-8-7-9-5-3-6-10-7/h2-6H2,1H3,(H,8,9). The van der Waals surface area contributed by atoms with Crippen molar-refractivity contribution in [3.8, 4) is 0 Å². The first-order valence-electron chi connectivity index (χ1n) is 3.84. The predicted octanol–water partition coefficient (Wildman–Crippen LogP) is 0.762. The number of hydrogen-bond donors (Lipinski definition) is 1. The lowest BCUT2D eigenvalue weighted by Gasteiger charge is -2.13. The molecule has 0 atom stereocenters. The molecule has 3 heteroatoms. The van der Waals surface area contributed by atoms with Gasteiger partial charge in [-0.1, -0.05) is 6.92 Å². The van der Waals surface area contributed by atoms with Crippen LogP contribution in [0.2, 0.25) is 0 Å². The summed E-state index contributed by atoms with van der Waals surface area (Å²) in [7, 11) is 0. The average Bonchev–Trinajstić information content (AvgIpc) is 2.03. The van der Waals surface area contributed by atoms with Crippen molar-refractivity contribution in [1.29, 1.82) is 0 Å². The van der Waals surface area contributed by atoms with Crippen LogP contribution in [0.5, 0.6) is 0 Å². The van der Waals surface area contributed by atoms with Crippen LogP contribution in [0.3, 0.4) is 0 Å². The Kier molecular flexibility index (Phi) is 3.06. The lowest BCUT2D eigenvalue weighted by molar-refractivity contribution is 0.267. The van der Waals surface area contributed by atoms with E-state index in [2.05, 4.69) is 17.2 Å². The maximum atomic E-state index is 5.22. The Hall–Kier alpha value is -0.730. The van der Waals surface area contributed by atoms with E-state index in [-0.39, 0.29) is 0 Å². The van der Waals surface area contributed by atoms with Crippen molar-refractivity contribution in [1.82, 2.24) is 5.32 Å². The Bertz CT molecular complexity index is 123. The molecule has 0 aliphatic carbocycles. The van der Waals surface area contributed by atoms with Crippen molar-refractivity contribution in [2.75, 3.05) is 19.7 Å². The third-order valence-electron chi connectivity index (χ3n) is 1.32. The van der Waals surface area contributed by atoms with Crippen LogP contribution < -0.4 is 5.32 Å². The number of ether oxygens (including phenoxy) is 1. The Balaban J connectivity index is 2.18. The van der Waals surface area contributed by atoms with E-state index in [9.17, 15) is 0 Å². The Morgan fingerprint density at radius 3 is 3.20 bits per heavy atom. The van der Waals surface area contributed by atoms with Crippen LogP contribution in [0.25, 0.3) is 0 Å². The highest BCUT2D eigenvalue weighted by Gasteiger charge is 2.02. The highest BCUT2D eigenvalue weighted by molar-refractivity contribution is 5.73. The van der Waals surface area contributed by atoms with Crippen LogP contribution in [0.1, 0.15) is 19.8 Å². The number of aliphatic imine (C=N–C) groups is 1. The lowest BCUT2D eigenvalue weighted by atomic mass is 10.4. The van der Waals surface area contributed by atoms with Crippen LogP contribution in [0, 0.1) is 0 Å². The van der Waals surface area contributed by atoms with Crippen LogP contribution >= 0.6 is 0 Å². The largest absolute Gasteiger partial charge is 0.465 e. The van der Waals surface area contributed by atoms with Gasteiger partial charge in [0.25, 0.3) is 6.02 Å². The minimum atomic E-state index is 0.730. The molecule has 1 aliphatic rings. The SMILES string of the molecule is CCCNC1=NCCCO1. The molecule has 1 rings (SSSR count). The zero-order chi connectivity index (χ0) is 7.23. The summed E-state index contributed by atoms with van der Waals surface area (Å²) in [6.07, 6.45) is 2.17. The molecule has 0 spiro atoms. The number of nitrogens with zero attached hydrogens (tertiary/aromatic N) is 1. The number of nitrogens with one attached hydrogen (secondary N) is 1. The quantitative estimate of drug-likeness (QED) is 0.617. The molecule has 1 heterocycles. The summed E-state index contributed by atoms with van der Waals surface area (Å²) in [6.45, 7) is 4.80. The minimum Gasteiger partial charge on any atom is -0.465 e. The van der Waals surface area contributed by atoms with Crippen molar-refractivity contribution in [3.63, 3.8) is 0 Å². The summed E-state index contributed by atoms with van der Waals surface area (Å²) < 4.78 is 5.22. The van der Waals surface area contributed by atoms with Gasteiger partial charge in [-0.15, -0.1) is 0 Å². The van der Waals surface area contributed by atoms with Gasteiger partial charge in [-0.25, -0.2) is 4.99 Å². The smallest absolute Gasteiger partial charge is 0.284 e. The fourth-order valence-corrected chi connectivity index (χ4v) is 0.799. The second kappa shape index (κ2) is 4.14. The molecule has 58 valence electrons. The summed E-state index contributed by atoms with van der Waals surface area (Å²) in [5, 5.41) is 3.10. The third-order valence-corrected chi connectivity index (χ3v) is 1.32. The fourth-order valence-electron chi connectivity index (χ4n) is 0.799. The predicted molar refractivity (Wildman–Crippen MR) is 41.2 cm³/mol. The number of rotatable bonds is 2. The molecular formula is C7H14N2O. The number of amidine groups is 1. The van der Waals surface area contributed by atoms with Gasteiger partial charge < -0.3 is 10.1 Å². The zero-order valence-electron chi connectivity index (χ0n) is 6.39. The first-order valence-corrected chi connectivity index (χ1v) is 3.84. The summed E-state index contributed by atoms with van der Waals surface area (Å²) in [5.74, 6) is 0. The van der Waals surface area contributed by atoms with Gasteiger partial charge in [0.2, 0.25) is 0 Å². The third kappa shape index (κ3) is 2.25. The summed E-state index contributed by atoms with van der Waals surface area (Å²) >= 11 is 0. The van der Waals surface area contributed by atoms with Crippen molar-refractivity contribution in [2.45, 2.75) is 19.8 Å². The first-order chi connectivity index (χ1) is 4.93. The number of hydrogen-bond acceptors (Lipinski definition) is 3. The summed E-state index contributed by atoms with van der Waals surface area (Å²) in [6, 6.07) is 0.730. The maximum absolute atomic E-state index is 5.22. The van der Waals surface area contributed by atoms with E-state index < -0.39 is 0 Å². The van der Waals surface area contributed by atoms with E-state index in [1.54, 1.807) is 0 Å². The van der Waals surface area contributed by atoms with E-state index in [0.717, 1.165) is 38.6 Å². The van der Waals surface area contributed by atoms with E-state index in [4.69, 9.17) is 4.74 Å². The molecule has 0 unspecified atom stereocenters. The van der Waals surface area contributed by atoms with Gasteiger partial charge in [0.15, 0.2) is 0 Å². The van der Waals surface area contributed by atoms with Gasteiger partial charge in [-0.3, -0.25) is 0 Å². The van der Waals surface area contributed by atoms with Gasteiger partial charge in [0.05, 0.1) is 6.61 Å².